The van der Waals surface area contributed by atoms with Gasteiger partial charge in [0.15, 0.2) is 17.9 Å². The lowest BCUT2D eigenvalue weighted by Gasteiger charge is -2.39. The maximum atomic E-state index is 13.6. The number of benzene rings is 2. The maximum Gasteiger partial charge on any atom is 0.202 e. The lowest BCUT2D eigenvalue weighted by Crippen LogP contribution is -2.46. The number of ketones is 3. The number of Topliss-reactive ketones (excluding diaryl/α,β-unsaturated/α-hetero) is 1. The number of fused-ring (bicyclic) bond motifs is 3. The molecule has 0 saturated carbocycles. The number of hydrogen-bond donors (Lipinski definition) is 6. The Morgan fingerprint density at radius 2 is 1.76 bits per heavy atom. The van der Waals surface area contributed by atoms with Crippen LogP contribution in [-0.4, -0.2) is 91.9 Å². The molecule has 5 rings (SSSR count). The minimum atomic E-state index is -2.11. The number of ether oxygens (including phenoxy) is 3. The Labute approximate surface area is 215 Å². The van der Waals surface area contributed by atoms with Gasteiger partial charge < -0.3 is 44.8 Å². The van der Waals surface area contributed by atoms with Crippen molar-refractivity contribution >= 4 is 17.3 Å². The van der Waals surface area contributed by atoms with Gasteiger partial charge in [0, 0.05) is 29.5 Å². The summed E-state index contributed by atoms with van der Waals surface area (Å²) in [5, 5.41) is 63.7. The van der Waals surface area contributed by atoms with Crippen molar-refractivity contribution in [2.24, 2.45) is 0 Å². The molecule has 1 heterocycles. The number of aliphatic hydroxyl groups excluding tert-OH is 3. The molecule has 0 unspecified atom stereocenters. The van der Waals surface area contributed by atoms with E-state index >= 15 is 0 Å². The summed E-state index contributed by atoms with van der Waals surface area (Å²) in [6.45, 7) is 0.467. The quantitative estimate of drug-likeness (QED) is 0.235. The molecule has 2 aromatic carbocycles. The van der Waals surface area contributed by atoms with E-state index in [1.165, 1.54) is 25.3 Å². The number of carbonyl (C=O) groups excluding carboxylic acids is 3. The van der Waals surface area contributed by atoms with Gasteiger partial charge in [0.1, 0.15) is 41.2 Å². The number of methoxy groups -OCH3 is 1. The van der Waals surface area contributed by atoms with E-state index < -0.39 is 95.7 Å². The van der Waals surface area contributed by atoms with Crippen LogP contribution < -0.4 is 4.74 Å². The van der Waals surface area contributed by atoms with Gasteiger partial charge in [0.05, 0.1) is 36.5 Å². The Morgan fingerprint density at radius 1 is 1.08 bits per heavy atom. The van der Waals surface area contributed by atoms with Crippen molar-refractivity contribution in [1.29, 1.82) is 0 Å². The monoisotopic (exact) mass is 530 g/mol. The van der Waals surface area contributed by atoms with Crippen LogP contribution >= 0.6 is 0 Å². The van der Waals surface area contributed by atoms with Gasteiger partial charge in [-0.2, -0.15) is 0 Å². The zero-order chi connectivity index (χ0) is 27.7. The normalized spacial score (nSPS) is 30.0. The van der Waals surface area contributed by atoms with Crippen molar-refractivity contribution in [3.8, 4) is 17.2 Å². The second kappa shape index (κ2) is 9.12. The lowest BCUT2D eigenvalue weighted by atomic mass is 9.72. The molecule has 0 aromatic heterocycles. The highest BCUT2D eigenvalue weighted by molar-refractivity contribution is 6.31. The van der Waals surface area contributed by atoms with Crippen molar-refractivity contribution in [1.82, 2.24) is 0 Å². The van der Waals surface area contributed by atoms with E-state index in [0.29, 0.717) is 0 Å². The Balaban J connectivity index is 1.70. The summed E-state index contributed by atoms with van der Waals surface area (Å²) in [5.74, 6) is -3.64. The van der Waals surface area contributed by atoms with Gasteiger partial charge in [-0.05, 0) is 13.0 Å². The summed E-state index contributed by atoms with van der Waals surface area (Å²) in [7, 11) is 1.31. The van der Waals surface area contributed by atoms with Crippen LogP contribution in [0.15, 0.2) is 18.2 Å². The van der Waals surface area contributed by atoms with Gasteiger partial charge in [-0.3, -0.25) is 14.4 Å². The van der Waals surface area contributed by atoms with Gasteiger partial charge in [-0.1, -0.05) is 12.1 Å². The van der Waals surface area contributed by atoms with Gasteiger partial charge in [0.25, 0.3) is 0 Å². The molecule has 6 atom stereocenters. The molecule has 12 heteroatoms. The van der Waals surface area contributed by atoms with Crippen molar-refractivity contribution in [3.63, 3.8) is 0 Å². The standard InChI is InChI=1S/C26H26O12/c1-9(28)26(35)6-11-16(13(7-26)37-25-24(34)21(31)14(8-27)38-25)23(33)18-17(20(11)30)19(29)10-4-3-5-12(36-2)15(10)22(18)32/h3-5,13-14,21,24-25,27,30-31,33-35H,6-8H2,1-2H3/t13-,14+,21+,24+,25+,26-/m0/s1. The van der Waals surface area contributed by atoms with Gasteiger partial charge >= 0.3 is 0 Å². The zero-order valence-electron chi connectivity index (χ0n) is 20.4. The number of aliphatic hydroxyl groups is 4. The number of carbonyl (C=O) groups is 3. The van der Waals surface area contributed by atoms with Gasteiger partial charge in [-0.25, -0.2) is 0 Å². The maximum absolute atomic E-state index is 13.6. The first-order valence-electron chi connectivity index (χ1n) is 11.8. The molecular formula is C26H26O12. The first-order chi connectivity index (χ1) is 17.9. The van der Waals surface area contributed by atoms with E-state index in [1.54, 1.807) is 0 Å². The zero-order valence-corrected chi connectivity index (χ0v) is 20.4. The fourth-order valence-electron chi connectivity index (χ4n) is 5.44. The molecule has 6 N–H and O–H groups in total. The van der Waals surface area contributed by atoms with Crippen molar-refractivity contribution in [3.05, 3.63) is 51.6 Å². The van der Waals surface area contributed by atoms with E-state index in [4.69, 9.17) is 14.2 Å². The molecule has 0 spiro atoms. The lowest BCUT2D eigenvalue weighted by molar-refractivity contribution is -0.208. The predicted molar refractivity (Wildman–Crippen MR) is 125 cm³/mol. The molecule has 0 radical (unpaired) electrons. The van der Waals surface area contributed by atoms with Crippen LogP contribution in [0.3, 0.4) is 0 Å². The summed E-state index contributed by atoms with van der Waals surface area (Å²) in [4.78, 5) is 39.4. The summed E-state index contributed by atoms with van der Waals surface area (Å²) in [6, 6.07) is 4.32. The topological polar surface area (TPSA) is 200 Å². The molecule has 1 saturated heterocycles. The molecule has 2 aromatic rings. The van der Waals surface area contributed by atoms with Crippen molar-refractivity contribution < 1.29 is 59.2 Å². The van der Waals surface area contributed by atoms with Crippen LogP contribution in [-0.2, 0) is 20.7 Å². The number of rotatable bonds is 5. The Bertz CT molecular complexity index is 1370. The minimum absolute atomic E-state index is 0.0616. The first-order valence-corrected chi connectivity index (χ1v) is 11.8. The number of phenols is 2. The van der Waals surface area contributed by atoms with Gasteiger partial charge in [0.2, 0.25) is 5.78 Å². The van der Waals surface area contributed by atoms with Crippen LogP contribution in [0, 0.1) is 0 Å². The Hall–Kier alpha value is -3.39. The molecule has 0 bridgehead atoms. The molecule has 0 amide bonds. The average molecular weight is 530 g/mol. The minimum Gasteiger partial charge on any atom is -0.507 e. The van der Waals surface area contributed by atoms with E-state index in [2.05, 4.69) is 0 Å². The van der Waals surface area contributed by atoms with E-state index in [0.717, 1.165) is 6.92 Å². The molecular weight excluding hydrogens is 504 g/mol. The highest BCUT2D eigenvalue weighted by Gasteiger charge is 2.51. The Morgan fingerprint density at radius 3 is 2.37 bits per heavy atom. The molecule has 2 aliphatic carbocycles. The smallest absolute Gasteiger partial charge is 0.202 e. The molecule has 38 heavy (non-hydrogen) atoms. The highest BCUT2D eigenvalue weighted by atomic mass is 16.7. The summed E-state index contributed by atoms with van der Waals surface area (Å²) >= 11 is 0. The summed E-state index contributed by atoms with van der Waals surface area (Å²) < 4.78 is 16.4. The van der Waals surface area contributed by atoms with Crippen molar-refractivity contribution in [2.45, 2.75) is 56.1 Å². The van der Waals surface area contributed by atoms with Crippen LogP contribution in [0.2, 0.25) is 0 Å². The SMILES string of the molecule is COc1cccc2c1C(=O)c1c(O)c3c(c(O)c1C2=O)C[C@@](O)(C(C)=O)C[C@@H]3O[C@@H]1O[C@H](CO)[C@@H](O)[C@H]1O. The molecule has 3 aliphatic rings. The Kier molecular flexibility index (Phi) is 6.29. The third-order valence-electron chi connectivity index (χ3n) is 7.53. The molecule has 1 fully saturated rings. The van der Waals surface area contributed by atoms with Crippen LogP contribution in [0.1, 0.15) is 62.4 Å². The molecule has 1 aliphatic heterocycles. The predicted octanol–water partition coefficient (Wildman–Crippen LogP) is -0.355. The average Bonchev–Trinajstić information content (AvgIpc) is 3.16. The van der Waals surface area contributed by atoms with Crippen LogP contribution in [0.25, 0.3) is 0 Å². The second-order valence-corrected chi connectivity index (χ2v) is 9.68. The summed E-state index contributed by atoms with van der Waals surface area (Å²) in [6.07, 6.45) is -8.36. The number of phenolic OH excluding ortho intramolecular Hbond substituents is 2. The van der Waals surface area contributed by atoms with Gasteiger partial charge in [-0.15, -0.1) is 0 Å². The summed E-state index contributed by atoms with van der Waals surface area (Å²) in [5.41, 5.74) is -3.68. The van der Waals surface area contributed by atoms with Crippen molar-refractivity contribution in [2.75, 3.05) is 13.7 Å². The third kappa shape index (κ3) is 3.64. The first kappa shape index (κ1) is 26.2. The fraction of sp³-hybridized carbons (Fsp3) is 0.423. The number of hydrogen-bond acceptors (Lipinski definition) is 12. The number of aromatic hydroxyl groups is 2. The van der Waals surface area contributed by atoms with Crippen LogP contribution in [0.4, 0.5) is 0 Å². The van der Waals surface area contributed by atoms with E-state index in [1.807, 2.05) is 0 Å². The van der Waals surface area contributed by atoms with E-state index in [9.17, 15) is 45.0 Å². The van der Waals surface area contributed by atoms with E-state index in [-0.39, 0.29) is 28.0 Å². The second-order valence-electron chi connectivity index (χ2n) is 9.68. The third-order valence-corrected chi connectivity index (χ3v) is 7.53. The van der Waals surface area contributed by atoms with Crippen LogP contribution in [0.5, 0.6) is 17.2 Å². The molecule has 202 valence electrons. The fourth-order valence-corrected chi connectivity index (χ4v) is 5.44. The highest BCUT2D eigenvalue weighted by Crippen LogP contribution is 2.52. The molecule has 12 nitrogen and oxygen atoms in total. The largest absolute Gasteiger partial charge is 0.507 e.